The van der Waals surface area contributed by atoms with Crippen LogP contribution >= 0.6 is 11.3 Å². The molecule has 1 aromatic heterocycles. The zero-order valence-corrected chi connectivity index (χ0v) is 20.9. The predicted octanol–water partition coefficient (Wildman–Crippen LogP) is 7.02. The van der Waals surface area contributed by atoms with Crippen molar-refractivity contribution in [3.8, 4) is 0 Å². The first-order valence-electron chi connectivity index (χ1n) is 11.5. The molecule has 4 nitrogen and oxygen atoms in total. The number of hydrogen-bond donors (Lipinski definition) is 2. The molecule has 0 bridgehead atoms. The van der Waals surface area contributed by atoms with E-state index < -0.39 is 0 Å². The van der Waals surface area contributed by atoms with E-state index >= 15 is 0 Å². The van der Waals surface area contributed by atoms with E-state index in [-0.39, 0.29) is 17.2 Å². The molecule has 0 spiro atoms. The van der Waals surface area contributed by atoms with E-state index in [9.17, 15) is 9.59 Å². The average Bonchev–Trinajstić information content (AvgIpc) is 3.12. The van der Waals surface area contributed by atoms with Crippen LogP contribution in [0.4, 0.5) is 10.7 Å². The number of amides is 2. The number of thiophene rings is 1. The monoisotopic (exact) mass is 460 g/mol. The third-order valence-electron chi connectivity index (χ3n) is 6.57. The highest BCUT2D eigenvalue weighted by Crippen LogP contribution is 2.44. The lowest BCUT2D eigenvalue weighted by molar-refractivity contribution is 0.102. The summed E-state index contributed by atoms with van der Waals surface area (Å²) in [7, 11) is 0. The molecule has 0 unspecified atom stereocenters. The maximum atomic E-state index is 13.4. The Balaban J connectivity index is 1.67. The topological polar surface area (TPSA) is 58.2 Å². The molecule has 4 rings (SSSR count). The van der Waals surface area contributed by atoms with Crippen LogP contribution in [0.15, 0.2) is 48.5 Å². The molecule has 1 atom stereocenters. The fourth-order valence-corrected chi connectivity index (χ4v) is 5.68. The minimum Gasteiger partial charge on any atom is -0.322 e. The van der Waals surface area contributed by atoms with Crippen molar-refractivity contribution in [2.75, 3.05) is 10.6 Å². The van der Waals surface area contributed by atoms with Crippen LogP contribution in [0.25, 0.3) is 0 Å². The molecule has 2 N–H and O–H groups in total. The maximum absolute atomic E-state index is 13.4. The van der Waals surface area contributed by atoms with Gasteiger partial charge >= 0.3 is 0 Å². The lowest BCUT2D eigenvalue weighted by Gasteiger charge is -2.33. The predicted molar refractivity (Wildman–Crippen MR) is 138 cm³/mol. The molecule has 0 radical (unpaired) electrons. The van der Waals surface area contributed by atoms with Crippen molar-refractivity contribution in [2.45, 2.75) is 53.9 Å². The van der Waals surface area contributed by atoms with E-state index in [1.165, 1.54) is 4.88 Å². The smallest absolute Gasteiger partial charge is 0.258 e. The summed E-state index contributed by atoms with van der Waals surface area (Å²) in [5, 5.41) is 6.74. The van der Waals surface area contributed by atoms with Crippen LogP contribution in [0.3, 0.4) is 0 Å². The average molecular weight is 461 g/mol. The number of carbonyl (C=O) groups is 2. The summed E-state index contributed by atoms with van der Waals surface area (Å²) in [4.78, 5) is 27.7. The van der Waals surface area contributed by atoms with E-state index in [4.69, 9.17) is 0 Å². The first-order valence-corrected chi connectivity index (χ1v) is 12.3. The second kappa shape index (κ2) is 9.14. The van der Waals surface area contributed by atoms with Crippen LogP contribution in [-0.2, 0) is 12.8 Å². The molecule has 172 valence electrons. The number of fused-ring (bicyclic) bond motifs is 1. The fraction of sp³-hybridized carbons (Fsp3) is 0.357. The third-order valence-corrected chi connectivity index (χ3v) is 7.74. The minimum absolute atomic E-state index is 0.162. The summed E-state index contributed by atoms with van der Waals surface area (Å²) in [6, 6.07) is 15.3. The van der Waals surface area contributed by atoms with E-state index in [1.807, 2.05) is 62.4 Å². The molecular formula is C28H32N2O2S. The highest BCUT2D eigenvalue weighted by Gasteiger charge is 2.34. The number of anilines is 2. The lowest BCUT2D eigenvalue weighted by Crippen LogP contribution is -2.27. The summed E-state index contributed by atoms with van der Waals surface area (Å²) in [5.41, 5.74) is 5.49. The summed E-state index contributed by atoms with van der Waals surface area (Å²) in [6.45, 7) is 10.9. The van der Waals surface area contributed by atoms with Crippen LogP contribution in [0.5, 0.6) is 0 Å². The van der Waals surface area contributed by atoms with Crippen LogP contribution in [-0.4, -0.2) is 11.8 Å². The number of carbonyl (C=O) groups excluding carboxylic acids is 2. The van der Waals surface area contributed by atoms with Crippen molar-refractivity contribution >= 4 is 33.8 Å². The van der Waals surface area contributed by atoms with Gasteiger partial charge in [-0.25, -0.2) is 0 Å². The second-order valence-corrected chi connectivity index (χ2v) is 11.3. The third kappa shape index (κ3) is 5.19. The highest BCUT2D eigenvalue weighted by atomic mass is 32.1. The van der Waals surface area contributed by atoms with Crippen molar-refractivity contribution in [2.24, 2.45) is 11.3 Å². The van der Waals surface area contributed by atoms with E-state index in [0.29, 0.717) is 22.0 Å². The van der Waals surface area contributed by atoms with Crippen LogP contribution < -0.4 is 10.6 Å². The van der Waals surface area contributed by atoms with Gasteiger partial charge in [-0.3, -0.25) is 9.59 Å². The number of nitrogens with one attached hydrogen (secondary N) is 2. The molecular weight excluding hydrogens is 428 g/mol. The number of aryl methyl sites for hydroxylation is 2. The highest BCUT2D eigenvalue weighted by molar-refractivity contribution is 7.17. The molecule has 0 aliphatic heterocycles. The van der Waals surface area contributed by atoms with Gasteiger partial charge in [-0.1, -0.05) is 56.2 Å². The quantitative estimate of drug-likeness (QED) is 0.439. The molecule has 33 heavy (non-hydrogen) atoms. The molecule has 5 heteroatoms. The Labute approximate surface area is 200 Å². The summed E-state index contributed by atoms with van der Waals surface area (Å²) in [5.74, 6) is 0.201. The van der Waals surface area contributed by atoms with Crippen LogP contribution in [0.1, 0.15) is 69.5 Å². The zero-order valence-electron chi connectivity index (χ0n) is 20.0. The van der Waals surface area contributed by atoms with Crippen molar-refractivity contribution in [3.05, 3.63) is 81.2 Å². The maximum Gasteiger partial charge on any atom is 0.258 e. The zero-order chi connectivity index (χ0) is 23.8. The molecule has 2 amide bonds. The molecule has 2 aromatic carbocycles. The molecule has 0 saturated heterocycles. The van der Waals surface area contributed by atoms with E-state index in [2.05, 4.69) is 31.4 Å². The second-order valence-electron chi connectivity index (χ2n) is 10.2. The first kappa shape index (κ1) is 23.2. The van der Waals surface area contributed by atoms with Gasteiger partial charge in [0.25, 0.3) is 11.8 Å². The molecule has 1 aliphatic carbocycles. The van der Waals surface area contributed by atoms with Gasteiger partial charge in [-0.2, -0.15) is 0 Å². The van der Waals surface area contributed by atoms with Gasteiger partial charge in [0.15, 0.2) is 0 Å². The summed E-state index contributed by atoms with van der Waals surface area (Å²) in [6.07, 6.45) is 2.84. The van der Waals surface area contributed by atoms with Gasteiger partial charge in [0.2, 0.25) is 0 Å². The Kier molecular flexibility index (Phi) is 6.44. The van der Waals surface area contributed by atoms with Gasteiger partial charge in [0, 0.05) is 16.1 Å². The summed E-state index contributed by atoms with van der Waals surface area (Å²) >= 11 is 1.56. The Bertz CT molecular complexity index is 1170. The van der Waals surface area contributed by atoms with Crippen LogP contribution in [0.2, 0.25) is 0 Å². The van der Waals surface area contributed by atoms with Crippen molar-refractivity contribution in [1.29, 1.82) is 0 Å². The summed E-state index contributed by atoms with van der Waals surface area (Å²) < 4.78 is 0. The number of hydrogen-bond acceptors (Lipinski definition) is 3. The minimum atomic E-state index is -0.189. The van der Waals surface area contributed by atoms with Crippen molar-refractivity contribution < 1.29 is 9.59 Å². The van der Waals surface area contributed by atoms with Gasteiger partial charge in [-0.15, -0.1) is 11.3 Å². The molecule has 3 aromatic rings. The van der Waals surface area contributed by atoms with Crippen molar-refractivity contribution in [1.82, 2.24) is 0 Å². The first-order chi connectivity index (χ1) is 15.6. The molecule has 1 heterocycles. The molecule has 0 saturated carbocycles. The van der Waals surface area contributed by atoms with Crippen molar-refractivity contribution in [3.63, 3.8) is 0 Å². The standard InChI is InChI=1S/C28H32N2O2S/c1-17-6-10-19(11-7-17)25(31)30-27-24(26(32)29-21-13-8-18(2)9-14-21)22-15-12-20(28(3,4)5)16-23(22)33-27/h6-11,13-14,20H,12,15-16H2,1-5H3,(H,29,32)(H,30,31)/t20-/m1/s1. The lowest BCUT2D eigenvalue weighted by atomic mass is 9.72. The Morgan fingerprint density at radius 1 is 0.879 bits per heavy atom. The number of benzene rings is 2. The van der Waals surface area contributed by atoms with E-state index in [1.54, 1.807) is 11.3 Å². The Morgan fingerprint density at radius 2 is 1.48 bits per heavy atom. The largest absolute Gasteiger partial charge is 0.322 e. The molecule has 1 aliphatic rings. The number of rotatable bonds is 4. The van der Waals surface area contributed by atoms with Gasteiger partial charge < -0.3 is 10.6 Å². The molecule has 0 fully saturated rings. The van der Waals surface area contributed by atoms with Gasteiger partial charge in [-0.05, 0) is 74.3 Å². The Hall–Kier alpha value is -2.92. The van der Waals surface area contributed by atoms with Crippen LogP contribution in [0, 0.1) is 25.2 Å². The van der Waals surface area contributed by atoms with E-state index in [0.717, 1.165) is 41.6 Å². The fourth-order valence-electron chi connectivity index (χ4n) is 4.36. The van der Waals surface area contributed by atoms with Gasteiger partial charge in [0.05, 0.1) is 5.56 Å². The normalized spacial score (nSPS) is 15.6. The SMILES string of the molecule is Cc1ccc(NC(=O)c2c(NC(=O)c3ccc(C)cc3)sc3c2CC[C@@H](C(C)(C)C)C3)cc1. The Morgan fingerprint density at radius 3 is 2.09 bits per heavy atom. The van der Waals surface area contributed by atoms with Gasteiger partial charge in [0.1, 0.15) is 5.00 Å².